The molecule has 1 fully saturated rings. The van der Waals surface area contributed by atoms with Crippen molar-refractivity contribution >= 4 is 27.9 Å². The van der Waals surface area contributed by atoms with Gasteiger partial charge in [0.15, 0.2) is 6.04 Å². The maximum atomic E-state index is 13.0. The van der Waals surface area contributed by atoms with Gasteiger partial charge in [-0.25, -0.2) is 22.3 Å². The molecule has 0 spiro atoms. The molecule has 0 aliphatic carbocycles. The van der Waals surface area contributed by atoms with Crippen molar-refractivity contribution in [1.82, 2.24) is 4.31 Å². The summed E-state index contributed by atoms with van der Waals surface area (Å²) in [5.41, 5.74) is 1.000. The van der Waals surface area contributed by atoms with Gasteiger partial charge in [-0.05, 0) is 37.6 Å². The minimum atomic E-state index is -4.44. The summed E-state index contributed by atoms with van der Waals surface area (Å²) in [7, 11) is -4.44. The summed E-state index contributed by atoms with van der Waals surface area (Å²) < 4.78 is 31.7. The number of aryl methyl sites for hydroxylation is 1. The molecule has 0 radical (unpaired) electrons. The van der Waals surface area contributed by atoms with E-state index in [1.54, 1.807) is 37.3 Å². The van der Waals surface area contributed by atoms with Crippen LogP contribution in [0.5, 0.6) is 0 Å². The lowest BCUT2D eigenvalue weighted by atomic mass is 10.0. The van der Waals surface area contributed by atoms with E-state index in [1.165, 1.54) is 24.3 Å². The van der Waals surface area contributed by atoms with Gasteiger partial charge in [-0.2, -0.15) is 0 Å². The monoisotopic (exact) mass is 417 g/mol. The quantitative estimate of drug-likeness (QED) is 0.739. The first-order valence-electron chi connectivity index (χ1n) is 8.84. The number of piperidine rings is 1. The van der Waals surface area contributed by atoms with Crippen molar-refractivity contribution in [2.24, 2.45) is 0 Å². The van der Waals surface area contributed by atoms with Gasteiger partial charge in [0, 0.05) is 6.42 Å². The lowest BCUT2D eigenvalue weighted by Gasteiger charge is -2.37. The van der Waals surface area contributed by atoms with Crippen molar-refractivity contribution in [3.05, 3.63) is 65.7 Å². The molecule has 1 aliphatic heterocycles. The molecule has 1 aliphatic rings. The number of benzene rings is 2. The summed E-state index contributed by atoms with van der Waals surface area (Å²) in [5, 5.41) is 9.69. The highest BCUT2D eigenvalue weighted by Crippen LogP contribution is 2.29. The molecule has 3 rings (SSSR count). The first-order valence-corrected chi connectivity index (χ1v) is 10.3. The smallest absolute Gasteiger partial charge is 0.338 e. The van der Waals surface area contributed by atoms with Gasteiger partial charge in [-0.1, -0.05) is 35.9 Å². The molecular weight excluding hydrogens is 398 g/mol. The number of esters is 1. The van der Waals surface area contributed by atoms with Crippen molar-refractivity contribution in [2.75, 3.05) is 0 Å². The van der Waals surface area contributed by atoms with Crippen LogP contribution in [-0.4, -0.2) is 47.8 Å². The average molecular weight is 417 g/mol. The van der Waals surface area contributed by atoms with Crippen LogP contribution >= 0.6 is 0 Å². The molecule has 1 amide bonds. The number of aliphatic carboxylic acids is 1. The maximum absolute atomic E-state index is 13.0. The minimum absolute atomic E-state index is 0.0890. The van der Waals surface area contributed by atoms with E-state index < -0.39 is 40.0 Å². The van der Waals surface area contributed by atoms with Crippen LogP contribution in [0.15, 0.2) is 59.5 Å². The van der Waals surface area contributed by atoms with E-state index >= 15 is 0 Å². The molecule has 152 valence electrons. The third-order valence-electron chi connectivity index (χ3n) is 4.59. The first-order chi connectivity index (χ1) is 13.7. The van der Waals surface area contributed by atoms with Gasteiger partial charge in [0.2, 0.25) is 5.91 Å². The molecule has 2 atom stereocenters. The summed E-state index contributed by atoms with van der Waals surface area (Å²) in [5.74, 6) is -3.21. The third kappa shape index (κ3) is 4.14. The molecule has 8 nitrogen and oxygen atoms in total. The van der Waals surface area contributed by atoms with Crippen LogP contribution in [0.4, 0.5) is 0 Å². The number of nitrogens with zero attached hydrogens (tertiary/aromatic N) is 1. The second-order valence-electron chi connectivity index (χ2n) is 6.64. The van der Waals surface area contributed by atoms with Crippen LogP contribution in [0, 0.1) is 6.92 Å². The fourth-order valence-corrected chi connectivity index (χ4v) is 4.70. The molecule has 0 aromatic heterocycles. The standard InChI is InChI=1S/C20H19NO7S/c1-13-7-9-15(10-8-13)29(26,27)21-17(22)12-11-16(18(21)19(23)24)28-20(25)14-5-3-2-4-6-14/h2-10,16,18H,11-12H2,1H3,(H,23,24)/t16-,18+/m0/s1. The summed E-state index contributed by atoms with van der Waals surface area (Å²) >= 11 is 0. The number of amides is 1. The van der Waals surface area contributed by atoms with Crippen molar-refractivity contribution in [3.63, 3.8) is 0 Å². The Bertz CT molecular complexity index is 1030. The highest BCUT2D eigenvalue weighted by atomic mass is 32.2. The van der Waals surface area contributed by atoms with E-state index in [9.17, 15) is 27.9 Å². The van der Waals surface area contributed by atoms with Crippen molar-refractivity contribution in [1.29, 1.82) is 0 Å². The average Bonchev–Trinajstić information content (AvgIpc) is 2.69. The first kappa shape index (κ1) is 20.5. The zero-order valence-electron chi connectivity index (χ0n) is 15.5. The fourth-order valence-electron chi connectivity index (χ4n) is 3.11. The van der Waals surface area contributed by atoms with Crippen molar-refractivity contribution < 1.29 is 32.6 Å². The number of hydrogen-bond donors (Lipinski definition) is 1. The van der Waals surface area contributed by atoms with Gasteiger partial charge in [-0.3, -0.25) is 4.79 Å². The normalized spacial score (nSPS) is 19.6. The van der Waals surface area contributed by atoms with E-state index in [-0.39, 0.29) is 23.3 Å². The molecule has 2 aromatic carbocycles. The van der Waals surface area contributed by atoms with Crippen LogP contribution in [0.2, 0.25) is 0 Å². The molecule has 9 heteroatoms. The molecular formula is C20H19NO7S. The Morgan fingerprint density at radius 1 is 1.07 bits per heavy atom. The van der Waals surface area contributed by atoms with Gasteiger partial charge in [-0.15, -0.1) is 0 Å². The fraction of sp³-hybridized carbons (Fsp3) is 0.250. The third-order valence-corrected chi connectivity index (χ3v) is 6.41. The maximum Gasteiger partial charge on any atom is 0.338 e. The van der Waals surface area contributed by atoms with E-state index in [2.05, 4.69) is 0 Å². The Hall–Kier alpha value is -3.20. The summed E-state index contributed by atoms with van der Waals surface area (Å²) in [6.45, 7) is 1.77. The van der Waals surface area contributed by atoms with Gasteiger partial charge in [0.05, 0.1) is 10.5 Å². The molecule has 29 heavy (non-hydrogen) atoms. The number of sulfonamides is 1. The van der Waals surface area contributed by atoms with Crippen LogP contribution in [0.25, 0.3) is 0 Å². The number of hydrogen-bond acceptors (Lipinski definition) is 6. The predicted molar refractivity (Wildman–Crippen MR) is 102 cm³/mol. The van der Waals surface area contributed by atoms with Gasteiger partial charge >= 0.3 is 11.9 Å². The summed E-state index contributed by atoms with van der Waals surface area (Å²) in [6.07, 6.45) is -1.66. The zero-order valence-corrected chi connectivity index (χ0v) is 16.3. The predicted octanol–water partition coefficient (Wildman–Crippen LogP) is 1.98. The van der Waals surface area contributed by atoms with Gasteiger partial charge in [0.25, 0.3) is 10.0 Å². The second-order valence-corrected chi connectivity index (χ2v) is 8.45. The number of carbonyl (C=O) groups is 3. The highest BCUT2D eigenvalue weighted by molar-refractivity contribution is 7.89. The molecule has 0 saturated carbocycles. The largest absolute Gasteiger partial charge is 0.480 e. The van der Waals surface area contributed by atoms with Crippen LogP contribution in [0.3, 0.4) is 0 Å². The van der Waals surface area contributed by atoms with Crippen molar-refractivity contribution in [3.8, 4) is 0 Å². The van der Waals surface area contributed by atoms with E-state index in [0.29, 0.717) is 4.31 Å². The SMILES string of the molecule is Cc1ccc(S(=O)(=O)N2C(=O)CC[C@H](OC(=O)c3ccccc3)[C@@H]2C(=O)O)cc1. The Balaban J connectivity index is 1.95. The van der Waals surface area contributed by atoms with Crippen molar-refractivity contribution in [2.45, 2.75) is 36.8 Å². The minimum Gasteiger partial charge on any atom is -0.480 e. The van der Waals surface area contributed by atoms with Gasteiger partial charge in [0.1, 0.15) is 6.10 Å². The summed E-state index contributed by atoms with van der Waals surface area (Å²) in [6, 6.07) is 11.8. The Morgan fingerprint density at radius 3 is 2.28 bits per heavy atom. The molecule has 0 unspecified atom stereocenters. The Kier molecular flexibility index (Phi) is 5.69. The van der Waals surface area contributed by atoms with E-state index in [4.69, 9.17) is 4.74 Å². The molecule has 1 heterocycles. The molecule has 0 bridgehead atoms. The van der Waals surface area contributed by atoms with Crippen LogP contribution in [0.1, 0.15) is 28.8 Å². The summed E-state index contributed by atoms with van der Waals surface area (Å²) in [4.78, 5) is 36.5. The number of carboxylic acid groups (broad SMARTS) is 1. The van der Waals surface area contributed by atoms with Gasteiger partial charge < -0.3 is 9.84 Å². The number of rotatable bonds is 5. The highest BCUT2D eigenvalue weighted by Gasteiger charge is 2.49. The zero-order chi connectivity index (χ0) is 21.2. The molecule has 1 N–H and O–H groups in total. The number of carboxylic acids is 1. The molecule has 2 aromatic rings. The Labute approximate surface area is 167 Å². The second kappa shape index (κ2) is 8.04. The Morgan fingerprint density at radius 2 is 1.69 bits per heavy atom. The topological polar surface area (TPSA) is 118 Å². The van der Waals surface area contributed by atoms with Crippen LogP contribution in [-0.2, 0) is 24.3 Å². The van der Waals surface area contributed by atoms with E-state index in [1.807, 2.05) is 0 Å². The molecule has 1 saturated heterocycles. The number of ether oxygens (including phenoxy) is 1. The lowest BCUT2D eigenvalue weighted by molar-refractivity contribution is -0.154. The number of carbonyl (C=O) groups excluding carboxylic acids is 2. The van der Waals surface area contributed by atoms with E-state index in [0.717, 1.165) is 5.56 Å². The van der Waals surface area contributed by atoms with Crippen LogP contribution < -0.4 is 0 Å². The lowest BCUT2D eigenvalue weighted by Crippen LogP contribution is -2.58.